The highest BCUT2D eigenvalue weighted by Gasteiger charge is 2.62. The summed E-state index contributed by atoms with van der Waals surface area (Å²) in [6.45, 7) is 9.81. The number of hydrogen-bond acceptors (Lipinski definition) is 5. The third kappa shape index (κ3) is 13.8. The van der Waals surface area contributed by atoms with Gasteiger partial charge >= 0.3 is 5.97 Å². The Morgan fingerprint density at radius 1 is 0.707 bits per heavy atom. The Bertz CT molecular complexity index is 1430. The number of fused-ring (bicyclic) bond motifs is 5. The van der Waals surface area contributed by atoms with E-state index < -0.39 is 12.0 Å². The molecule has 326 valence electrons. The molecule has 0 bridgehead atoms. The maximum absolute atomic E-state index is 13.0. The second-order valence-electron chi connectivity index (χ2n) is 18.9. The Morgan fingerprint density at radius 3 is 1.98 bits per heavy atom. The molecule has 11 unspecified atom stereocenters. The molecule has 0 aliphatic heterocycles. The third-order valence-electron chi connectivity index (χ3n) is 15.0. The SMILES string of the molecule is CCC=CCC=CCC=CCC=CCC=CCCCC(=O)NCCCCC(NC(=O)CCC(C)C1CCC2C3C(O)CC4CC(O)CCC4(C)C3CCC12C)C(=O)O. The molecule has 0 radical (unpaired) electrons. The van der Waals surface area contributed by atoms with Crippen molar-refractivity contribution >= 4 is 17.8 Å². The minimum Gasteiger partial charge on any atom is -0.480 e. The normalized spacial score (nSPS) is 32.1. The summed E-state index contributed by atoms with van der Waals surface area (Å²) in [6.07, 6.45) is 39.0. The van der Waals surface area contributed by atoms with Crippen molar-refractivity contribution in [2.75, 3.05) is 6.54 Å². The fourth-order valence-electron chi connectivity index (χ4n) is 11.8. The van der Waals surface area contributed by atoms with Crippen LogP contribution in [0.5, 0.6) is 0 Å². The van der Waals surface area contributed by atoms with Crippen LogP contribution in [0, 0.1) is 46.3 Å². The topological polar surface area (TPSA) is 136 Å². The Hall–Kier alpha value is -2.97. The molecule has 4 rings (SSSR count). The molecule has 8 nitrogen and oxygen atoms in total. The van der Waals surface area contributed by atoms with Gasteiger partial charge in [0.2, 0.25) is 11.8 Å². The molecule has 0 heterocycles. The van der Waals surface area contributed by atoms with Gasteiger partial charge in [0.1, 0.15) is 6.04 Å². The number of amides is 2. The van der Waals surface area contributed by atoms with Crippen molar-refractivity contribution in [3.63, 3.8) is 0 Å². The van der Waals surface area contributed by atoms with Crippen molar-refractivity contribution in [3.8, 4) is 0 Å². The lowest BCUT2D eigenvalue weighted by molar-refractivity contribution is -0.174. The van der Waals surface area contributed by atoms with E-state index in [2.05, 4.69) is 99.1 Å². The van der Waals surface area contributed by atoms with Gasteiger partial charge in [0.15, 0.2) is 0 Å². The lowest BCUT2D eigenvalue weighted by Crippen LogP contribution is -2.58. The summed E-state index contributed by atoms with van der Waals surface area (Å²) in [5.74, 6) is 1.35. The van der Waals surface area contributed by atoms with Crippen molar-refractivity contribution in [3.05, 3.63) is 60.8 Å². The van der Waals surface area contributed by atoms with Crippen molar-refractivity contribution in [1.29, 1.82) is 0 Å². The van der Waals surface area contributed by atoms with Crippen LogP contribution in [-0.4, -0.2) is 57.9 Å². The molecular formula is C50H80N2O6. The predicted octanol–water partition coefficient (Wildman–Crippen LogP) is 10.2. The van der Waals surface area contributed by atoms with Crippen LogP contribution in [0.1, 0.15) is 163 Å². The van der Waals surface area contributed by atoms with Gasteiger partial charge in [-0.3, -0.25) is 9.59 Å². The Kier molecular flexibility index (Phi) is 20.0. The van der Waals surface area contributed by atoms with Gasteiger partial charge < -0.3 is 26.0 Å². The number of rotatable bonds is 24. The molecule has 0 spiro atoms. The second-order valence-corrected chi connectivity index (χ2v) is 18.9. The number of carboxylic acid groups (broad SMARTS) is 1. The molecule has 0 aromatic rings. The molecule has 4 saturated carbocycles. The molecule has 0 aromatic carbocycles. The van der Waals surface area contributed by atoms with Gasteiger partial charge in [-0.05, 0) is 168 Å². The van der Waals surface area contributed by atoms with E-state index in [4.69, 9.17) is 0 Å². The van der Waals surface area contributed by atoms with Gasteiger partial charge in [-0.15, -0.1) is 0 Å². The van der Waals surface area contributed by atoms with E-state index >= 15 is 0 Å². The fourth-order valence-corrected chi connectivity index (χ4v) is 11.8. The van der Waals surface area contributed by atoms with E-state index in [-0.39, 0.29) is 34.9 Å². The van der Waals surface area contributed by atoms with E-state index in [9.17, 15) is 29.7 Å². The second kappa shape index (κ2) is 24.3. The lowest BCUT2D eigenvalue weighted by atomic mass is 9.43. The maximum atomic E-state index is 13.0. The minimum absolute atomic E-state index is 0.0165. The van der Waals surface area contributed by atoms with E-state index in [0.717, 1.165) is 103 Å². The molecule has 4 fully saturated rings. The number of aliphatic hydroxyl groups excluding tert-OH is 2. The van der Waals surface area contributed by atoms with Gasteiger partial charge in [0.25, 0.3) is 0 Å². The van der Waals surface area contributed by atoms with Crippen molar-refractivity contribution in [2.45, 2.75) is 181 Å². The molecule has 8 heteroatoms. The number of nitrogens with one attached hydrogen (secondary N) is 2. The number of carbonyl (C=O) groups excluding carboxylic acids is 2. The highest BCUT2D eigenvalue weighted by molar-refractivity contribution is 5.83. The standard InChI is InChI=1S/C50H80N2O6/c1-5-6-7-8-9-10-11-12-13-14-15-16-17-18-19-20-21-25-45(55)51-34-23-22-24-43(48(57)58)52-46(56)29-26-37(2)40-27-28-41-47-42(31-33-50(40,41)4)49(3)32-30-39(53)35-38(49)36-44(47)54/h6-7,9-10,12-13,15-16,18-19,37-44,47,53-54H,5,8,11,14,17,20-36H2,1-4H3,(H,51,55)(H,52,56)(H,57,58). The summed E-state index contributed by atoms with van der Waals surface area (Å²) in [4.78, 5) is 37.4. The van der Waals surface area contributed by atoms with E-state index in [0.29, 0.717) is 74.2 Å². The zero-order valence-corrected chi connectivity index (χ0v) is 36.6. The molecular weight excluding hydrogens is 725 g/mol. The first-order valence-electron chi connectivity index (χ1n) is 23.3. The largest absolute Gasteiger partial charge is 0.480 e. The summed E-state index contributed by atoms with van der Waals surface area (Å²) in [6, 6.07) is -0.926. The number of aliphatic hydroxyl groups is 2. The van der Waals surface area contributed by atoms with E-state index in [1.54, 1.807) is 0 Å². The van der Waals surface area contributed by atoms with Gasteiger partial charge in [0, 0.05) is 19.4 Å². The van der Waals surface area contributed by atoms with Crippen LogP contribution >= 0.6 is 0 Å². The van der Waals surface area contributed by atoms with E-state index in [1.807, 2.05) is 0 Å². The molecule has 11 atom stereocenters. The van der Waals surface area contributed by atoms with E-state index in [1.165, 1.54) is 0 Å². The number of aliphatic carboxylic acids is 1. The average Bonchev–Trinajstić information content (AvgIpc) is 3.55. The first kappa shape index (κ1) is 47.7. The summed E-state index contributed by atoms with van der Waals surface area (Å²) in [5, 5.41) is 37.5. The molecule has 4 aliphatic carbocycles. The minimum atomic E-state index is -1.02. The smallest absolute Gasteiger partial charge is 0.326 e. The van der Waals surface area contributed by atoms with Gasteiger partial charge in [0.05, 0.1) is 12.2 Å². The third-order valence-corrected chi connectivity index (χ3v) is 15.0. The molecule has 5 N–H and O–H groups in total. The van der Waals surface area contributed by atoms with Gasteiger partial charge in [-0.25, -0.2) is 4.79 Å². The fraction of sp³-hybridized carbons (Fsp3) is 0.740. The Labute approximate surface area is 351 Å². The van der Waals surface area contributed by atoms with Crippen LogP contribution in [0.2, 0.25) is 0 Å². The van der Waals surface area contributed by atoms with Crippen LogP contribution in [-0.2, 0) is 14.4 Å². The highest BCUT2D eigenvalue weighted by Crippen LogP contribution is 2.68. The van der Waals surface area contributed by atoms with Crippen LogP contribution in [0.15, 0.2) is 60.8 Å². The molecule has 4 aliphatic rings. The number of hydrogen-bond donors (Lipinski definition) is 5. The maximum Gasteiger partial charge on any atom is 0.326 e. The summed E-state index contributed by atoms with van der Waals surface area (Å²) in [7, 11) is 0. The van der Waals surface area contributed by atoms with Crippen molar-refractivity contribution in [2.24, 2.45) is 46.3 Å². The first-order chi connectivity index (χ1) is 27.9. The number of allylic oxidation sites excluding steroid dienone is 10. The molecule has 0 aromatic heterocycles. The predicted molar refractivity (Wildman–Crippen MR) is 236 cm³/mol. The number of carbonyl (C=O) groups is 3. The average molecular weight is 805 g/mol. The highest BCUT2D eigenvalue weighted by atomic mass is 16.4. The van der Waals surface area contributed by atoms with Crippen LogP contribution < -0.4 is 10.6 Å². The molecule has 2 amide bonds. The molecule has 58 heavy (non-hydrogen) atoms. The molecule has 0 saturated heterocycles. The monoisotopic (exact) mass is 805 g/mol. The lowest BCUT2D eigenvalue weighted by Gasteiger charge is -2.62. The summed E-state index contributed by atoms with van der Waals surface area (Å²) >= 11 is 0. The Balaban J connectivity index is 1.06. The summed E-state index contributed by atoms with van der Waals surface area (Å²) < 4.78 is 0. The van der Waals surface area contributed by atoms with Gasteiger partial charge in [-0.2, -0.15) is 0 Å². The Morgan fingerprint density at radius 2 is 1.33 bits per heavy atom. The quantitative estimate of drug-likeness (QED) is 0.0487. The van der Waals surface area contributed by atoms with Crippen LogP contribution in [0.4, 0.5) is 0 Å². The first-order valence-corrected chi connectivity index (χ1v) is 23.3. The number of carboxylic acids is 1. The van der Waals surface area contributed by atoms with Crippen molar-refractivity contribution in [1.82, 2.24) is 10.6 Å². The summed E-state index contributed by atoms with van der Waals surface area (Å²) in [5.41, 5.74) is 0.351. The van der Waals surface area contributed by atoms with Gasteiger partial charge in [-0.1, -0.05) is 88.5 Å². The zero-order chi connectivity index (χ0) is 42.0. The van der Waals surface area contributed by atoms with Crippen LogP contribution in [0.3, 0.4) is 0 Å². The number of unbranched alkanes of at least 4 members (excludes halogenated alkanes) is 2. The van der Waals surface area contributed by atoms with Crippen molar-refractivity contribution < 1.29 is 29.7 Å². The zero-order valence-electron chi connectivity index (χ0n) is 36.6. The van der Waals surface area contributed by atoms with Crippen LogP contribution in [0.25, 0.3) is 0 Å².